The van der Waals surface area contributed by atoms with Gasteiger partial charge in [-0.25, -0.2) is 4.79 Å². The molecule has 0 aliphatic carbocycles. The molecule has 0 spiro atoms. The van der Waals surface area contributed by atoms with Crippen molar-refractivity contribution in [3.63, 3.8) is 0 Å². The van der Waals surface area contributed by atoms with Crippen molar-refractivity contribution in [3.05, 3.63) is 48.0 Å². The number of rotatable bonds is 8. The fourth-order valence-corrected chi connectivity index (χ4v) is 2.94. The number of ether oxygens (including phenoxy) is 3. The lowest BCUT2D eigenvalue weighted by Crippen LogP contribution is -2.04. The number of nitrogens with zero attached hydrogens (tertiary/aromatic N) is 6. The van der Waals surface area contributed by atoms with Gasteiger partial charge < -0.3 is 14.2 Å². The first-order valence-electron chi connectivity index (χ1n) is 8.05. The van der Waals surface area contributed by atoms with E-state index in [1.807, 2.05) is 12.1 Å². The lowest BCUT2D eigenvalue weighted by molar-refractivity contribution is 0.0593. The Morgan fingerprint density at radius 1 is 1.25 bits per heavy atom. The van der Waals surface area contributed by atoms with Gasteiger partial charge in [0.2, 0.25) is 5.16 Å². The van der Waals surface area contributed by atoms with Crippen LogP contribution in [0.3, 0.4) is 0 Å². The molecular weight excluding hydrogens is 384 g/mol. The van der Waals surface area contributed by atoms with Crippen LogP contribution in [-0.2, 0) is 10.6 Å². The highest BCUT2D eigenvalue weighted by atomic mass is 32.2. The van der Waals surface area contributed by atoms with E-state index in [4.69, 9.17) is 9.47 Å². The molecule has 3 aromatic rings. The maximum Gasteiger partial charge on any atom is 0.358 e. The molecule has 3 rings (SSSR count). The zero-order valence-electron chi connectivity index (χ0n) is 15.5. The number of benzene rings is 1. The summed E-state index contributed by atoms with van der Waals surface area (Å²) in [7, 11) is 4.49. The van der Waals surface area contributed by atoms with Crippen LogP contribution in [0.2, 0.25) is 0 Å². The number of esters is 1. The molecule has 0 N–H and O–H groups in total. The van der Waals surface area contributed by atoms with Crippen molar-refractivity contribution < 1.29 is 19.0 Å². The van der Waals surface area contributed by atoms with Crippen molar-refractivity contribution in [2.45, 2.75) is 11.0 Å². The van der Waals surface area contributed by atoms with Gasteiger partial charge in [0, 0.05) is 17.8 Å². The molecule has 0 bridgehead atoms. The quantitative estimate of drug-likeness (QED) is 0.320. The SMILES string of the molecule is COC(=O)c1ccn(CSc2nncn2/N=C\c2ccc(OC)cc2OC)n1. The zero-order chi connectivity index (χ0) is 19.9. The van der Waals surface area contributed by atoms with E-state index in [9.17, 15) is 4.79 Å². The van der Waals surface area contributed by atoms with Gasteiger partial charge in [0.05, 0.1) is 33.4 Å². The van der Waals surface area contributed by atoms with Crippen LogP contribution in [0.1, 0.15) is 16.1 Å². The van der Waals surface area contributed by atoms with Gasteiger partial charge >= 0.3 is 5.97 Å². The monoisotopic (exact) mass is 402 g/mol. The Kier molecular flexibility index (Phi) is 6.27. The molecule has 10 nitrogen and oxygen atoms in total. The van der Waals surface area contributed by atoms with Crippen LogP contribution in [0.25, 0.3) is 0 Å². The number of methoxy groups -OCH3 is 3. The maximum absolute atomic E-state index is 11.5. The van der Waals surface area contributed by atoms with E-state index in [1.54, 1.807) is 48.1 Å². The Balaban J connectivity index is 1.69. The fraction of sp³-hybridized carbons (Fsp3) is 0.235. The minimum Gasteiger partial charge on any atom is -0.497 e. The van der Waals surface area contributed by atoms with Gasteiger partial charge in [0.15, 0.2) is 5.69 Å². The van der Waals surface area contributed by atoms with Crippen molar-refractivity contribution in [2.24, 2.45) is 5.10 Å². The highest BCUT2D eigenvalue weighted by molar-refractivity contribution is 7.98. The van der Waals surface area contributed by atoms with Crippen molar-refractivity contribution in [2.75, 3.05) is 21.3 Å². The molecule has 11 heteroatoms. The van der Waals surface area contributed by atoms with Crippen LogP contribution >= 0.6 is 11.8 Å². The summed E-state index contributed by atoms with van der Waals surface area (Å²) in [5, 5.41) is 17.0. The first-order chi connectivity index (χ1) is 13.6. The van der Waals surface area contributed by atoms with Crippen LogP contribution in [-0.4, -0.2) is 58.2 Å². The minimum absolute atomic E-state index is 0.245. The summed E-state index contributed by atoms with van der Waals surface area (Å²) in [5.41, 5.74) is 1.02. The summed E-state index contributed by atoms with van der Waals surface area (Å²) in [5.74, 6) is 1.28. The first kappa shape index (κ1) is 19.4. The second-order valence-corrected chi connectivity index (χ2v) is 6.23. The highest BCUT2D eigenvalue weighted by Gasteiger charge is 2.10. The van der Waals surface area contributed by atoms with E-state index < -0.39 is 5.97 Å². The molecule has 0 amide bonds. The van der Waals surface area contributed by atoms with Crippen molar-refractivity contribution in [1.82, 2.24) is 24.7 Å². The second-order valence-electron chi connectivity index (χ2n) is 5.32. The van der Waals surface area contributed by atoms with Crippen LogP contribution < -0.4 is 9.47 Å². The highest BCUT2D eigenvalue weighted by Crippen LogP contribution is 2.23. The summed E-state index contributed by atoms with van der Waals surface area (Å²) in [6.45, 7) is 0. The van der Waals surface area contributed by atoms with E-state index in [0.717, 1.165) is 5.56 Å². The molecule has 0 fully saturated rings. The largest absolute Gasteiger partial charge is 0.497 e. The first-order valence-corrected chi connectivity index (χ1v) is 9.04. The summed E-state index contributed by atoms with van der Waals surface area (Å²) < 4.78 is 18.3. The van der Waals surface area contributed by atoms with E-state index in [-0.39, 0.29) is 5.69 Å². The molecule has 2 aromatic heterocycles. The summed E-state index contributed by atoms with van der Waals surface area (Å²) in [6, 6.07) is 7.03. The molecule has 146 valence electrons. The average molecular weight is 402 g/mol. The van der Waals surface area contributed by atoms with Crippen LogP contribution in [0.15, 0.2) is 47.0 Å². The molecule has 2 heterocycles. The third kappa shape index (κ3) is 4.49. The molecule has 0 saturated heterocycles. The molecular formula is C17H18N6O4S. The van der Waals surface area contributed by atoms with E-state index in [1.165, 1.54) is 25.2 Å². The van der Waals surface area contributed by atoms with E-state index in [2.05, 4.69) is 25.1 Å². The smallest absolute Gasteiger partial charge is 0.358 e. The normalized spacial score (nSPS) is 11.0. The van der Waals surface area contributed by atoms with Crippen LogP contribution in [0.5, 0.6) is 11.5 Å². The third-order valence-electron chi connectivity index (χ3n) is 3.62. The molecule has 0 radical (unpaired) electrons. The van der Waals surface area contributed by atoms with Gasteiger partial charge in [0.1, 0.15) is 17.8 Å². The predicted molar refractivity (Wildman–Crippen MR) is 102 cm³/mol. The Hall–Kier alpha value is -3.34. The van der Waals surface area contributed by atoms with Crippen LogP contribution in [0, 0.1) is 0 Å². The standard InChI is InChI=1S/C17H18N6O4S/c1-25-13-5-4-12(15(8-13)26-2)9-19-23-10-18-20-17(23)28-11-22-7-6-14(21-22)16(24)27-3/h4-10H,11H2,1-3H3/b19-9-. The second kappa shape index (κ2) is 9.04. The molecule has 0 unspecified atom stereocenters. The summed E-state index contributed by atoms with van der Waals surface area (Å²) in [4.78, 5) is 11.5. The lowest BCUT2D eigenvalue weighted by atomic mass is 10.2. The number of hydrogen-bond acceptors (Lipinski definition) is 9. The van der Waals surface area contributed by atoms with E-state index in [0.29, 0.717) is 22.5 Å². The van der Waals surface area contributed by atoms with Crippen molar-refractivity contribution in [3.8, 4) is 11.5 Å². The molecule has 0 aliphatic rings. The zero-order valence-corrected chi connectivity index (χ0v) is 16.3. The lowest BCUT2D eigenvalue weighted by Gasteiger charge is -2.07. The van der Waals surface area contributed by atoms with E-state index >= 15 is 0 Å². The van der Waals surface area contributed by atoms with Gasteiger partial charge in [-0.05, 0) is 18.2 Å². The van der Waals surface area contributed by atoms with Crippen LogP contribution in [0.4, 0.5) is 0 Å². The molecule has 0 aliphatic heterocycles. The van der Waals surface area contributed by atoms with Crippen molar-refractivity contribution in [1.29, 1.82) is 0 Å². The van der Waals surface area contributed by atoms with Gasteiger partial charge in [0.25, 0.3) is 0 Å². The third-order valence-corrected chi connectivity index (χ3v) is 4.54. The van der Waals surface area contributed by atoms with Gasteiger partial charge in [-0.3, -0.25) is 4.68 Å². The number of hydrogen-bond donors (Lipinski definition) is 0. The summed E-state index contributed by atoms with van der Waals surface area (Å²) >= 11 is 1.36. The number of thioether (sulfide) groups is 1. The van der Waals surface area contributed by atoms with Gasteiger partial charge in [-0.15, -0.1) is 10.2 Å². The number of carbonyl (C=O) groups excluding carboxylic acids is 1. The molecule has 28 heavy (non-hydrogen) atoms. The van der Waals surface area contributed by atoms with Gasteiger partial charge in [-0.2, -0.15) is 14.9 Å². The Morgan fingerprint density at radius 3 is 2.86 bits per heavy atom. The molecule has 0 saturated carbocycles. The minimum atomic E-state index is -0.482. The predicted octanol–water partition coefficient (Wildman–Crippen LogP) is 1.91. The number of aromatic nitrogens is 5. The fourth-order valence-electron chi connectivity index (χ4n) is 2.21. The van der Waals surface area contributed by atoms with Gasteiger partial charge in [-0.1, -0.05) is 11.8 Å². The van der Waals surface area contributed by atoms with Crippen molar-refractivity contribution >= 4 is 23.9 Å². The Labute approximate surface area is 165 Å². The average Bonchev–Trinajstić information content (AvgIpc) is 3.39. The Bertz CT molecular complexity index is 984. The molecule has 0 atom stereocenters. The molecule has 1 aromatic carbocycles. The summed E-state index contributed by atoms with van der Waals surface area (Å²) in [6.07, 6.45) is 4.83. The maximum atomic E-state index is 11.5. The number of carbonyl (C=O) groups is 1. The Morgan fingerprint density at radius 2 is 2.11 bits per heavy atom. The topological polar surface area (TPSA) is 106 Å².